The number of carbonyl (C=O) groups is 2. The quantitative estimate of drug-likeness (QED) is 0.782. The number of methoxy groups -OCH3 is 2. The highest BCUT2D eigenvalue weighted by Gasteiger charge is 2.43. The largest absolute Gasteiger partial charge is 0.467 e. The summed E-state index contributed by atoms with van der Waals surface area (Å²) >= 11 is 0. The number of benzene rings is 1. The summed E-state index contributed by atoms with van der Waals surface area (Å²) in [5, 5.41) is 1.55. The smallest absolute Gasteiger partial charge is 0.357 e. The highest BCUT2D eigenvalue weighted by molar-refractivity contribution is 5.89. The molecule has 0 bridgehead atoms. The van der Waals surface area contributed by atoms with Crippen LogP contribution in [0.5, 0.6) is 0 Å². The lowest BCUT2D eigenvalue weighted by molar-refractivity contribution is -0.189. The fraction of sp³-hybridized carbons (Fsp3) is 0.467. The average Bonchev–Trinajstić information content (AvgIpc) is 2.55. The molecule has 114 valence electrons. The number of hydrogen-bond donors (Lipinski definition) is 0. The van der Waals surface area contributed by atoms with Gasteiger partial charge in [-0.2, -0.15) is 0 Å². The van der Waals surface area contributed by atoms with Gasteiger partial charge < -0.3 is 14.3 Å². The topological polar surface area (TPSA) is 65.1 Å². The minimum atomic E-state index is -0.940. The van der Waals surface area contributed by atoms with Crippen LogP contribution < -0.4 is 0 Å². The Morgan fingerprint density at radius 3 is 2.24 bits per heavy atom. The normalized spacial score (nSPS) is 18.0. The summed E-state index contributed by atoms with van der Waals surface area (Å²) in [6.45, 7) is 0.836. The van der Waals surface area contributed by atoms with Crippen molar-refractivity contribution >= 4 is 11.9 Å². The van der Waals surface area contributed by atoms with Gasteiger partial charge in [0.05, 0.1) is 12.7 Å². The summed E-state index contributed by atoms with van der Waals surface area (Å²) in [7, 11) is 2.83. The first kappa shape index (κ1) is 15.5. The Kier molecular flexibility index (Phi) is 4.93. The molecular formula is C15H19NO5. The van der Waals surface area contributed by atoms with Crippen molar-refractivity contribution in [1.29, 1.82) is 0 Å². The van der Waals surface area contributed by atoms with Crippen LogP contribution in [0.4, 0.5) is 0 Å². The molecule has 0 N–H and O–H groups in total. The molecule has 1 saturated heterocycles. The predicted molar refractivity (Wildman–Crippen MR) is 74.4 cm³/mol. The number of rotatable bonds is 4. The van der Waals surface area contributed by atoms with E-state index in [2.05, 4.69) is 0 Å². The molecule has 0 aliphatic carbocycles. The van der Waals surface area contributed by atoms with E-state index in [1.54, 1.807) is 29.3 Å². The van der Waals surface area contributed by atoms with Crippen LogP contribution >= 0.6 is 0 Å². The lowest BCUT2D eigenvalue weighted by Crippen LogP contribution is -2.51. The van der Waals surface area contributed by atoms with E-state index in [1.165, 1.54) is 14.2 Å². The Morgan fingerprint density at radius 2 is 1.71 bits per heavy atom. The number of hydrogen-bond acceptors (Lipinski definition) is 6. The molecule has 1 aliphatic rings. The van der Waals surface area contributed by atoms with Crippen molar-refractivity contribution < 1.29 is 23.9 Å². The minimum Gasteiger partial charge on any atom is -0.467 e. The maximum atomic E-state index is 11.9. The van der Waals surface area contributed by atoms with Gasteiger partial charge >= 0.3 is 11.9 Å². The molecule has 0 saturated carbocycles. The average molecular weight is 293 g/mol. The van der Waals surface area contributed by atoms with Crippen molar-refractivity contribution in [3.63, 3.8) is 0 Å². The molecule has 21 heavy (non-hydrogen) atoms. The van der Waals surface area contributed by atoms with Gasteiger partial charge in [0, 0.05) is 33.0 Å². The van der Waals surface area contributed by atoms with Crippen molar-refractivity contribution in [3.8, 4) is 0 Å². The molecule has 0 radical (unpaired) electrons. The van der Waals surface area contributed by atoms with Gasteiger partial charge in [0.15, 0.2) is 5.60 Å². The Bertz CT molecular complexity index is 494. The highest BCUT2D eigenvalue weighted by atomic mass is 16.7. The van der Waals surface area contributed by atoms with E-state index in [9.17, 15) is 9.59 Å². The summed E-state index contributed by atoms with van der Waals surface area (Å²) in [5.74, 6) is -0.794. The molecule has 1 heterocycles. The van der Waals surface area contributed by atoms with Gasteiger partial charge in [-0.15, -0.1) is 5.06 Å². The summed E-state index contributed by atoms with van der Waals surface area (Å²) in [6, 6.07) is 8.78. The van der Waals surface area contributed by atoms with Gasteiger partial charge in [-0.1, -0.05) is 18.2 Å². The lowest BCUT2D eigenvalue weighted by atomic mass is 9.92. The molecule has 0 aromatic heterocycles. The van der Waals surface area contributed by atoms with E-state index in [0.717, 1.165) is 0 Å². The zero-order chi connectivity index (χ0) is 15.3. The van der Waals surface area contributed by atoms with Crippen LogP contribution in [0.1, 0.15) is 23.2 Å². The second-order valence-corrected chi connectivity index (χ2v) is 4.86. The first-order valence-electron chi connectivity index (χ1n) is 6.77. The molecule has 1 aromatic rings. The summed E-state index contributed by atoms with van der Waals surface area (Å²) in [4.78, 5) is 29.1. The number of hydroxylamine groups is 2. The van der Waals surface area contributed by atoms with E-state index in [1.807, 2.05) is 6.07 Å². The minimum absolute atomic E-state index is 0.390. The van der Waals surface area contributed by atoms with Gasteiger partial charge in [0.2, 0.25) is 0 Å². The Hall–Kier alpha value is -1.92. The first-order chi connectivity index (χ1) is 10.1. The van der Waals surface area contributed by atoms with Gasteiger partial charge in [0.25, 0.3) is 0 Å². The third-order valence-electron chi connectivity index (χ3n) is 3.70. The summed E-state index contributed by atoms with van der Waals surface area (Å²) < 4.78 is 10.1. The Labute approximate surface area is 123 Å². The molecule has 6 nitrogen and oxygen atoms in total. The zero-order valence-corrected chi connectivity index (χ0v) is 12.2. The van der Waals surface area contributed by atoms with E-state index in [-0.39, 0.29) is 5.97 Å². The van der Waals surface area contributed by atoms with E-state index in [0.29, 0.717) is 31.5 Å². The Morgan fingerprint density at radius 1 is 1.10 bits per heavy atom. The Balaban J connectivity index is 1.92. The second kappa shape index (κ2) is 6.69. The summed E-state index contributed by atoms with van der Waals surface area (Å²) in [6.07, 6.45) is 0.830. The van der Waals surface area contributed by atoms with Gasteiger partial charge in [-0.05, 0) is 12.1 Å². The van der Waals surface area contributed by atoms with Crippen LogP contribution in [-0.4, -0.2) is 49.9 Å². The maximum absolute atomic E-state index is 11.9. The molecule has 0 atom stereocenters. The van der Waals surface area contributed by atoms with Crippen LogP contribution in [-0.2, 0) is 19.1 Å². The van der Waals surface area contributed by atoms with Crippen molar-refractivity contribution in [2.75, 3.05) is 27.3 Å². The van der Waals surface area contributed by atoms with Gasteiger partial charge in [0.1, 0.15) is 0 Å². The molecule has 2 rings (SSSR count). The van der Waals surface area contributed by atoms with E-state index >= 15 is 0 Å². The fourth-order valence-electron chi connectivity index (χ4n) is 2.36. The van der Waals surface area contributed by atoms with Crippen LogP contribution in [0.15, 0.2) is 30.3 Å². The highest BCUT2D eigenvalue weighted by Crippen LogP contribution is 2.27. The van der Waals surface area contributed by atoms with Crippen molar-refractivity contribution in [2.24, 2.45) is 0 Å². The molecule has 0 unspecified atom stereocenters. The molecule has 0 amide bonds. The van der Waals surface area contributed by atoms with Crippen LogP contribution in [0, 0.1) is 0 Å². The lowest BCUT2D eigenvalue weighted by Gasteiger charge is -2.37. The van der Waals surface area contributed by atoms with Gasteiger partial charge in [-0.3, -0.25) is 0 Å². The van der Waals surface area contributed by atoms with E-state index in [4.69, 9.17) is 14.3 Å². The maximum Gasteiger partial charge on any atom is 0.357 e. The number of nitrogens with zero attached hydrogens (tertiary/aromatic N) is 1. The predicted octanol–water partition coefficient (Wildman–Crippen LogP) is 1.41. The van der Waals surface area contributed by atoms with Crippen molar-refractivity contribution in [3.05, 3.63) is 35.9 Å². The summed E-state index contributed by atoms with van der Waals surface area (Å²) in [5.41, 5.74) is -0.446. The molecule has 0 spiro atoms. The standard InChI is InChI=1S/C15H19NO5/c1-19-14(18)15(20-2)8-10-16(11-9-15)21-13(17)12-6-4-3-5-7-12/h3-7H,8-11H2,1-2H3. The number of ether oxygens (including phenoxy) is 2. The third-order valence-corrected chi connectivity index (χ3v) is 3.70. The third kappa shape index (κ3) is 3.40. The number of carbonyl (C=O) groups excluding carboxylic acids is 2. The van der Waals surface area contributed by atoms with Crippen molar-refractivity contribution in [2.45, 2.75) is 18.4 Å². The molecule has 1 aliphatic heterocycles. The molecule has 6 heteroatoms. The second-order valence-electron chi connectivity index (χ2n) is 4.86. The molecule has 1 fully saturated rings. The molecule has 1 aromatic carbocycles. The number of esters is 1. The van der Waals surface area contributed by atoms with Crippen LogP contribution in [0.25, 0.3) is 0 Å². The molecular weight excluding hydrogens is 274 g/mol. The van der Waals surface area contributed by atoms with Crippen LogP contribution in [0.3, 0.4) is 0 Å². The number of piperidine rings is 1. The van der Waals surface area contributed by atoms with E-state index < -0.39 is 11.6 Å². The first-order valence-corrected chi connectivity index (χ1v) is 6.77. The SMILES string of the molecule is COC(=O)C1(OC)CCN(OC(=O)c2ccccc2)CC1. The fourth-order valence-corrected chi connectivity index (χ4v) is 2.36. The zero-order valence-electron chi connectivity index (χ0n) is 12.2. The monoisotopic (exact) mass is 293 g/mol. The van der Waals surface area contributed by atoms with Gasteiger partial charge in [-0.25, -0.2) is 9.59 Å². The van der Waals surface area contributed by atoms with Crippen molar-refractivity contribution in [1.82, 2.24) is 5.06 Å². The van der Waals surface area contributed by atoms with Crippen LogP contribution in [0.2, 0.25) is 0 Å².